The van der Waals surface area contributed by atoms with Crippen molar-refractivity contribution in [3.8, 4) is 55.6 Å². The van der Waals surface area contributed by atoms with Crippen molar-refractivity contribution in [1.29, 1.82) is 0 Å². The normalized spacial score (nSPS) is 11.9. The molecule has 1 aliphatic carbocycles. The predicted molar refractivity (Wildman–Crippen MR) is 174 cm³/mol. The van der Waals surface area contributed by atoms with E-state index in [1.165, 1.54) is 82.7 Å². The van der Waals surface area contributed by atoms with Gasteiger partial charge >= 0.3 is 0 Å². The van der Waals surface area contributed by atoms with E-state index in [-0.39, 0.29) is 0 Å². The number of rotatable bonds is 3. The molecule has 41 heavy (non-hydrogen) atoms. The Morgan fingerprint density at radius 1 is 0.317 bits per heavy atom. The van der Waals surface area contributed by atoms with Gasteiger partial charge in [0.2, 0.25) is 0 Å². The Morgan fingerprint density at radius 3 is 1.68 bits per heavy atom. The average Bonchev–Trinajstić information content (AvgIpc) is 3.58. The molecule has 1 nitrogen and oxygen atoms in total. The second-order valence-electron chi connectivity index (χ2n) is 11.0. The minimum atomic E-state index is 1.16. The molecule has 1 N–H and O–H groups in total. The Balaban J connectivity index is 1.36. The molecule has 0 bridgehead atoms. The molecule has 0 aliphatic heterocycles. The summed E-state index contributed by atoms with van der Waals surface area (Å²) >= 11 is 0. The summed E-state index contributed by atoms with van der Waals surface area (Å²) in [6, 6.07) is 53.1. The van der Waals surface area contributed by atoms with Gasteiger partial charge in [0.15, 0.2) is 0 Å². The van der Waals surface area contributed by atoms with Gasteiger partial charge in [-0.1, -0.05) is 121 Å². The number of H-pyrrole nitrogens is 1. The molecule has 1 heteroatoms. The van der Waals surface area contributed by atoms with Crippen LogP contribution in [0.2, 0.25) is 0 Å². The first-order chi connectivity index (χ1) is 20.3. The highest BCUT2D eigenvalue weighted by Gasteiger charge is 2.23. The summed E-state index contributed by atoms with van der Waals surface area (Å²) in [6.45, 7) is 0. The number of aromatic nitrogens is 1. The first kappa shape index (κ1) is 22.4. The average molecular weight is 520 g/mol. The van der Waals surface area contributed by atoms with Crippen molar-refractivity contribution < 1.29 is 0 Å². The van der Waals surface area contributed by atoms with Crippen LogP contribution in [0.1, 0.15) is 0 Å². The number of benzene rings is 7. The molecule has 1 aliphatic rings. The van der Waals surface area contributed by atoms with E-state index in [0.717, 1.165) is 5.52 Å². The zero-order valence-corrected chi connectivity index (χ0v) is 22.4. The standard InChI is InChI=1S/C40H25N/c1-3-10-25(11-4-1)27-18-21-38-35(22-27)37-24-28(26-12-5-2-6-13-26)23-36(40(37)41-38)31-19-20-34-30-15-8-7-14-29(30)32-16-9-17-33(31)39(32)34/h1-24,41H. The molecular weight excluding hydrogens is 494 g/mol. The zero-order valence-electron chi connectivity index (χ0n) is 22.4. The van der Waals surface area contributed by atoms with Crippen molar-refractivity contribution >= 4 is 32.6 Å². The summed E-state index contributed by atoms with van der Waals surface area (Å²) in [4.78, 5) is 3.83. The SMILES string of the molecule is c1ccc(-c2ccc3[nH]c4c(-c5ccc6c7c(cccc57)-c5ccccc5-6)cc(-c5ccccc5)cc4c3c2)cc1. The summed E-state index contributed by atoms with van der Waals surface area (Å²) in [5.41, 5.74) is 15.1. The first-order valence-corrected chi connectivity index (χ1v) is 14.2. The van der Waals surface area contributed by atoms with Crippen LogP contribution < -0.4 is 0 Å². The first-order valence-electron chi connectivity index (χ1n) is 14.2. The summed E-state index contributed by atoms with van der Waals surface area (Å²) in [7, 11) is 0. The smallest absolute Gasteiger partial charge is 0.0545 e. The fourth-order valence-electron chi connectivity index (χ4n) is 6.86. The Morgan fingerprint density at radius 2 is 0.927 bits per heavy atom. The number of aromatic amines is 1. The highest BCUT2D eigenvalue weighted by Crippen LogP contribution is 2.50. The maximum atomic E-state index is 3.83. The highest BCUT2D eigenvalue weighted by atomic mass is 14.7. The summed E-state index contributed by atoms with van der Waals surface area (Å²) in [5.74, 6) is 0. The second kappa shape index (κ2) is 8.55. The maximum Gasteiger partial charge on any atom is 0.0545 e. The van der Waals surface area contributed by atoms with Crippen LogP contribution in [-0.4, -0.2) is 4.98 Å². The van der Waals surface area contributed by atoms with Crippen LogP contribution in [0.5, 0.6) is 0 Å². The van der Waals surface area contributed by atoms with E-state index in [0.29, 0.717) is 0 Å². The van der Waals surface area contributed by atoms with Crippen LogP contribution in [0, 0.1) is 0 Å². The lowest BCUT2D eigenvalue weighted by molar-refractivity contribution is 1.53. The van der Waals surface area contributed by atoms with Gasteiger partial charge in [0, 0.05) is 21.9 Å². The van der Waals surface area contributed by atoms with Crippen LogP contribution in [0.25, 0.3) is 88.2 Å². The van der Waals surface area contributed by atoms with Crippen LogP contribution in [0.15, 0.2) is 146 Å². The Kier molecular flexibility index (Phi) is 4.67. The number of fused-ring (bicyclic) bond motifs is 6. The molecule has 0 atom stereocenters. The van der Waals surface area contributed by atoms with Gasteiger partial charge in [-0.3, -0.25) is 0 Å². The molecule has 1 aromatic heterocycles. The third kappa shape index (κ3) is 3.30. The van der Waals surface area contributed by atoms with Gasteiger partial charge in [-0.2, -0.15) is 0 Å². The molecule has 7 aromatic carbocycles. The van der Waals surface area contributed by atoms with Crippen molar-refractivity contribution in [2.24, 2.45) is 0 Å². The molecule has 9 rings (SSSR count). The highest BCUT2D eigenvalue weighted by molar-refractivity contribution is 6.21. The monoisotopic (exact) mass is 519 g/mol. The van der Waals surface area contributed by atoms with Crippen molar-refractivity contribution in [1.82, 2.24) is 4.98 Å². The van der Waals surface area contributed by atoms with Crippen molar-refractivity contribution in [2.45, 2.75) is 0 Å². The molecule has 0 fully saturated rings. The lowest BCUT2D eigenvalue weighted by Gasteiger charge is -2.13. The van der Waals surface area contributed by atoms with Gasteiger partial charge in [-0.15, -0.1) is 0 Å². The van der Waals surface area contributed by atoms with E-state index in [4.69, 9.17) is 0 Å². The van der Waals surface area contributed by atoms with Crippen LogP contribution >= 0.6 is 0 Å². The fraction of sp³-hybridized carbons (Fsp3) is 0. The van der Waals surface area contributed by atoms with E-state index in [1.54, 1.807) is 0 Å². The molecule has 0 saturated heterocycles. The quantitative estimate of drug-likeness (QED) is 0.239. The molecule has 190 valence electrons. The van der Waals surface area contributed by atoms with Gasteiger partial charge in [-0.05, 0) is 85.1 Å². The molecular formula is C40H25N. The minimum Gasteiger partial charge on any atom is -0.354 e. The number of hydrogen-bond donors (Lipinski definition) is 1. The molecule has 0 amide bonds. The van der Waals surface area contributed by atoms with E-state index in [1.807, 2.05) is 0 Å². The van der Waals surface area contributed by atoms with Crippen LogP contribution in [0.3, 0.4) is 0 Å². The fourth-order valence-corrected chi connectivity index (χ4v) is 6.86. The van der Waals surface area contributed by atoms with Gasteiger partial charge in [0.25, 0.3) is 0 Å². The van der Waals surface area contributed by atoms with Crippen molar-refractivity contribution in [3.05, 3.63) is 146 Å². The molecule has 0 spiro atoms. The van der Waals surface area contributed by atoms with Gasteiger partial charge in [-0.25, -0.2) is 0 Å². The van der Waals surface area contributed by atoms with Gasteiger partial charge in [0.05, 0.1) is 5.52 Å². The summed E-state index contributed by atoms with van der Waals surface area (Å²) < 4.78 is 0. The Labute approximate surface area is 238 Å². The lowest BCUT2D eigenvalue weighted by Crippen LogP contribution is -1.87. The Hall–Kier alpha value is -5.40. The van der Waals surface area contributed by atoms with E-state index in [9.17, 15) is 0 Å². The maximum absolute atomic E-state index is 3.83. The molecule has 1 heterocycles. The third-order valence-corrected chi connectivity index (χ3v) is 8.76. The van der Waals surface area contributed by atoms with Crippen LogP contribution in [0.4, 0.5) is 0 Å². The summed E-state index contributed by atoms with van der Waals surface area (Å²) in [5, 5.41) is 5.15. The largest absolute Gasteiger partial charge is 0.354 e. The second-order valence-corrected chi connectivity index (χ2v) is 11.0. The molecule has 0 saturated carbocycles. The van der Waals surface area contributed by atoms with Crippen molar-refractivity contribution in [2.75, 3.05) is 0 Å². The zero-order chi connectivity index (χ0) is 26.9. The van der Waals surface area contributed by atoms with E-state index >= 15 is 0 Å². The third-order valence-electron chi connectivity index (χ3n) is 8.76. The van der Waals surface area contributed by atoms with Gasteiger partial charge in [0.1, 0.15) is 0 Å². The molecule has 0 radical (unpaired) electrons. The van der Waals surface area contributed by atoms with Crippen LogP contribution in [-0.2, 0) is 0 Å². The minimum absolute atomic E-state index is 1.16. The number of hydrogen-bond acceptors (Lipinski definition) is 0. The topological polar surface area (TPSA) is 15.8 Å². The number of nitrogens with one attached hydrogen (secondary N) is 1. The Bertz CT molecular complexity index is 2260. The predicted octanol–water partition coefficient (Wildman–Crippen LogP) is 11.1. The van der Waals surface area contributed by atoms with Gasteiger partial charge < -0.3 is 4.98 Å². The lowest BCUT2D eigenvalue weighted by atomic mass is 9.90. The molecule has 0 unspecified atom stereocenters. The van der Waals surface area contributed by atoms with Crippen molar-refractivity contribution in [3.63, 3.8) is 0 Å². The van der Waals surface area contributed by atoms with E-state index in [2.05, 4.69) is 151 Å². The summed E-state index contributed by atoms with van der Waals surface area (Å²) in [6.07, 6.45) is 0. The van der Waals surface area contributed by atoms with E-state index < -0.39 is 0 Å². The molecule has 8 aromatic rings.